The normalized spacial score (nSPS) is 10.8. The summed E-state index contributed by atoms with van der Waals surface area (Å²) in [4.78, 5) is 27.7. The second kappa shape index (κ2) is 7.63. The summed E-state index contributed by atoms with van der Waals surface area (Å²) in [6.07, 6.45) is 1.98. The lowest BCUT2D eigenvalue weighted by Crippen LogP contribution is -2.42. The van der Waals surface area contributed by atoms with Crippen LogP contribution in [0.4, 0.5) is 0 Å². The molecule has 0 unspecified atom stereocenters. The molecule has 0 aliphatic heterocycles. The summed E-state index contributed by atoms with van der Waals surface area (Å²) < 4.78 is 1.82. The Morgan fingerprint density at radius 2 is 1.79 bits per heavy atom. The van der Waals surface area contributed by atoms with E-state index in [1.807, 2.05) is 67.2 Å². The van der Waals surface area contributed by atoms with Crippen molar-refractivity contribution < 1.29 is 9.59 Å². The lowest BCUT2D eigenvalue weighted by molar-refractivity contribution is -0.121. The number of nitrogens with zero attached hydrogens (tertiary/aromatic N) is 2. The van der Waals surface area contributed by atoms with Gasteiger partial charge in [0, 0.05) is 28.4 Å². The van der Waals surface area contributed by atoms with Gasteiger partial charge in [-0.25, -0.2) is 4.68 Å². The number of H-pyrrole nitrogens is 1. The molecule has 0 aliphatic rings. The highest BCUT2D eigenvalue weighted by Gasteiger charge is 2.11. The molecule has 2 heterocycles. The molecule has 0 bridgehead atoms. The fraction of sp³-hybridized carbons (Fsp3) is 0.136. The summed E-state index contributed by atoms with van der Waals surface area (Å²) in [6.45, 7) is 3.91. The fourth-order valence-corrected chi connectivity index (χ4v) is 3.34. The van der Waals surface area contributed by atoms with Crippen molar-refractivity contribution in [3.05, 3.63) is 83.3 Å². The van der Waals surface area contributed by atoms with Gasteiger partial charge < -0.3 is 4.98 Å². The number of aryl methyl sites for hydroxylation is 2. The summed E-state index contributed by atoms with van der Waals surface area (Å²) in [7, 11) is 0. The van der Waals surface area contributed by atoms with E-state index in [9.17, 15) is 9.59 Å². The van der Waals surface area contributed by atoms with Gasteiger partial charge in [0.05, 0.1) is 17.8 Å². The molecule has 0 radical (unpaired) electrons. The second-order valence-electron chi connectivity index (χ2n) is 6.92. The Balaban J connectivity index is 1.36. The quantitative estimate of drug-likeness (QED) is 0.470. The first-order valence-corrected chi connectivity index (χ1v) is 9.29. The van der Waals surface area contributed by atoms with Gasteiger partial charge in [0.25, 0.3) is 5.91 Å². The molecule has 2 aromatic carbocycles. The Kier molecular flexibility index (Phi) is 4.87. The van der Waals surface area contributed by atoms with Crippen LogP contribution in [0.25, 0.3) is 16.6 Å². The van der Waals surface area contributed by atoms with Crippen LogP contribution in [-0.2, 0) is 11.2 Å². The molecule has 2 aromatic heterocycles. The first-order valence-electron chi connectivity index (χ1n) is 9.29. The SMILES string of the molecule is Cc1cc(C)n(-c2ccc(C(=O)NNC(=O)Cc3c[nH]c4ccccc34)cc2)n1. The lowest BCUT2D eigenvalue weighted by atomic mass is 10.1. The molecular weight excluding hydrogens is 366 g/mol. The van der Waals surface area contributed by atoms with Gasteiger partial charge in [0.2, 0.25) is 5.91 Å². The number of aromatic amines is 1. The molecule has 0 fully saturated rings. The van der Waals surface area contributed by atoms with Crippen molar-refractivity contribution in [3.63, 3.8) is 0 Å². The molecular formula is C22H21N5O2. The highest BCUT2D eigenvalue weighted by Crippen LogP contribution is 2.18. The van der Waals surface area contributed by atoms with Gasteiger partial charge in [-0.2, -0.15) is 5.10 Å². The number of hydrogen-bond donors (Lipinski definition) is 3. The van der Waals surface area contributed by atoms with E-state index in [-0.39, 0.29) is 18.2 Å². The Bertz CT molecular complexity index is 1190. The molecule has 29 heavy (non-hydrogen) atoms. The number of amides is 2. The highest BCUT2D eigenvalue weighted by molar-refractivity contribution is 5.96. The van der Waals surface area contributed by atoms with Crippen molar-refractivity contribution in [2.45, 2.75) is 20.3 Å². The molecule has 0 saturated heterocycles. The zero-order valence-corrected chi connectivity index (χ0v) is 16.2. The van der Waals surface area contributed by atoms with Gasteiger partial charge in [-0.3, -0.25) is 20.4 Å². The molecule has 2 amide bonds. The largest absolute Gasteiger partial charge is 0.361 e. The maximum absolute atomic E-state index is 12.3. The number of nitrogens with one attached hydrogen (secondary N) is 3. The Labute approximate surface area is 167 Å². The number of fused-ring (bicyclic) bond motifs is 1. The number of carbonyl (C=O) groups excluding carboxylic acids is 2. The number of benzene rings is 2. The van der Waals surface area contributed by atoms with Crippen LogP contribution < -0.4 is 10.9 Å². The van der Waals surface area contributed by atoms with Crippen LogP contribution >= 0.6 is 0 Å². The molecule has 0 atom stereocenters. The van der Waals surface area contributed by atoms with Crippen molar-refractivity contribution in [2.75, 3.05) is 0 Å². The molecule has 0 saturated carbocycles. The van der Waals surface area contributed by atoms with Gasteiger partial charge in [-0.15, -0.1) is 0 Å². The number of rotatable bonds is 4. The van der Waals surface area contributed by atoms with Gasteiger partial charge in [-0.05, 0) is 55.8 Å². The van der Waals surface area contributed by atoms with E-state index in [4.69, 9.17) is 0 Å². The maximum Gasteiger partial charge on any atom is 0.269 e. The van der Waals surface area contributed by atoms with Gasteiger partial charge in [0.15, 0.2) is 0 Å². The molecule has 7 heteroatoms. The van der Waals surface area contributed by atoms with E-state index in [1.165, 1.54) is 0 Å². The van der Waals surface area contributed by atoms with E-state index in [1.54, 1.807) is 12.1 Å². The van der Waals surface area contributed by atoms with Crippen LogP contribution in [0.15, 0.2) is 60.8 Å². The van der Waals surface area contributed by atoms with Crippen molar-refractivity contribution in [3.8, 4) is 5.69 Å². The minimum atomic E-state index is -0.378. The first kappa shape index (κ1) is 18.5. The first-order chi connectivity index (χ1) is 14.0. The third-order valence-corrected chi connectivity index (χ3v) is 4.73. The van der Waals surface area contributed by atoms with Gasteiger partial charge in [0.1, 0.15) is 0 Å². The summed E-state index contributed by atoms with van der Waals surface area (Å²) in [5.41, 5.74) is 10.1. The summed E-state index contributed by atoms with van der Waals surface area (Å²) in [5.74, 6) is -0.667. The zero-order chi connectivity index (χ0) is 20.4. The second-order valence-corrected chi connectivity index (χ2v) is 6.92. The number of hydrogen-bond acceptors (Lipinski definition) is 3. The topological polar surface area (TPSA) is 91.8 Å². The Morgan fingerprint density at radius 3 is 2.52 bits per heavy atom. The number of carbonyl (C=O) groups is 2. The molecule has 0 spiro atoms. The Morgan fingerprint density at radius 1 is 1.03 bits per heavy atom. The maximum atomic E-state index is 12.3. The minimum Gasteiger partial charge on any atom is -0.361 e. The Hall–Kier alpha value is -3.87. The monoisotopic (exact) mass is 387 g/mol. The lowest BCUT2D eigenvalue weighted by Gasteiger charge is -2.09. The van der Waals surface area contributed by atoms with Crippen molar-refractivity contribution in [2.24, 2.45) is 0 Å². The van der Waals surface area contributed by atoms with E-state index >= 15 is 0 Å². The van der Waals surface area contributed by atoms with Gasteiger partial charge in [-0.1, -0.05) is 18.2 Å². The number of hydrazine groups is 1. The molecule has 4 rings (SSSR count). The average Bonchev–Trinajstić information content (AvgIpc) is 3.29. The minimum absolute atomic E-state index is 0.168. The molecule has 4 aromatic rings. The number of aromatic nitrogens is 3. The highest BCUT2D eigenvalue weighted by atomic mass is 16.2. The molecule has 0 aliphatic carbocycles. The van der Waals surface area contributed by atoms with Crippen LogP contribution in [0.2, 0.25) is 0 Å². The van der Waals surface area contributed by atoms with Crippen LogP contribution in [0, 0.1) is 13.8 Å². The van der Waals surface area contributed by atoms with Crippen molar-refractivity contribution in [1.82, 2.24) is 25.6 Å². The molecule has 3 N–H and O–H groups in total. The van der Waals surface area contributed by atoms with E-state index in [0.29, 0.717) is 5.56 Å². The smallest absolute Gasteiger partial charge is 0.269 e. The van der Waals surface area contributed by atoms with Crippen LogP contribution in [0.5, 0.6) is 0 Å². The van der Waals surface area contributed by atoms with E-state index < -0.39 is 0 Å². The predicted molar refractivity (Wildman–Crippen MR) is 111 cm³/mol. The molecule has 146 valence electrons. The van der Waals surface area contributed by atoms with Crippen LogP contribution in [-0.4, -0.2) is 26.6 Å². The van der Waals surface area contributed by atoms with Crippen LogP contribution in [0.1, 0.15) is 27.3 Å². The zero-order valence-electron chi connectivity index (χ0n) is 16.2. The summed E-state index contributed by atoms with van der Waals surface area (Å²) >= 11 is 0. The third-order valence-electron chi connectivity index (χ3n) is 4.73. The van der Waals surface area contributed by atoms with Crippen molar-refractivity contribution >= 4 is 22.7 Å². The third kappa shape index (κ3) is 3.89. The fourth-order valence-electron chi connectivity index (χ4n) is 3.34. The summed E-state index contributed by atoms with van der Waals surface area (Å²) in [5, 5.41) is 5.42. The standard InChI is InChI=1S/C22H21N5O2/c1-14-11-15(2)27(26-14)18-9-7-16(8-10-18)22(29)25-24-21(28)12-17-13-23-20-6-4-3-5-19(17)20/h3-11,13,23H,12H2,1-2H3,(H,24,28)(H,25,29). The van der Waals surface area contributed by atoms with Crippen LogP contribution in [0.3, 0.4) is 0 Å². The molecule has 7 nitrogen and oxygen atoms in total. The predicted octanol–water partition coefficient (Wildman–Crippen LogP) is 2.97. The van der Waals surface area contributed by atoms with E-state index in [0.717, 1.165) is 33.5 Å². The van der Waals surface area contributed by atoms with E-state index in [2.05, 4.69) is 20.9 Å². The van der Waals surface area contributed by atoms with Crippen molar-refractivity contribution in [1.29, 1.82) is 0 Å². The summed E-state index contributed by atoms with van der Waals surface area (Å²) in [6, 6.07) is 16.8. The van der Waals surface area contributed by atoms with Gasteiger partial charge >= 0.3 is 0 Å². The average molecular weight is 387 g/mol. The number of para-hydroxylation sites is 1.